The topological polar surface area (TPSA) is 147 Å². The van der Waals surface area contributed by atoms with Crippen molar-refractivity contribution < 1.29 is 38.5 Å². The first kappa shape index (κ1) is 36.1. The van der Waals surface area contributed by atoms with E-state index in [0.717, 1.165) is 18.4 Å². The molecule has 1 aliphatic carbocycles. The van der Waals surface area contributed by atoms with Crippen LogP contribution in [0.15, 0.2) is 18.2 Å². The van der Waals surface area contributed by atoms with Gasteiger partial charge in [-0.15, -0.1) is 0 Å². The van der Waals surface area contributed by atoms with Gasteiger partial charge in [0.1, 0.15) is 11.4 Å². The third-order valence-electron chi connectivity index (χ3n) is 7.82. The quantitative estimate of drug-likeness (QED) is 0.266. The van der Waals surface area contributed by atoms with Crippen LogP contribution in [0.5, 0.6) is 5.75 Å². The normalized spacial score (nSPS) is 19.1. The molecule has 12 heteroatoms. The molecule has 2 aliphatic rings. The second-order valence-corrected chi connectivity index (χ2v) is 13.5. The third kappa shape index (κ3) is 11.2. The van der Waals surface area contributed by atoms with Gasteiger partial charge >= 0.3 is 6.09 Å². The monoisotopic (exact) mass is 632 g/mol. The van der Waals surface area contributed by atoms with Gasteiger partial charge in [-0.05, 0) is 76.1 Å². The number of carbonyl (C=O) groups is 4. The van der Waals surface area contributed by atoms with Gasteiger partial charge in [0.05, 0.1) is 38.2 Å². The Bertz CT molecular complexity index is 1180. The number of piperidine rings is 1. The van der Waals surface area contributed by atoms with Gasteiger partial charge in [0.2, 0.25) is 11.8 Å². The van der Waals surface area contributed by atoms with Gasteiger partial charge in [0, 0.05) is 44.9 Å². The molecule has 12 nitrogen and oxygen atoms in total. The number of aliphatic hydroxyl groups excluding tert-OH is 1. The lowest BCUT2D eigenvalue weighted by Crippen LogP contribution is -2.54. The van der Waals surface area contributed by atoms with E-state index in [1.807, 2.05) is 19.9 Å². The van der Waals surface area contributed by atoms with Crippen LogP contribution in [0.2, 0.25) is 0 Å². The highest BCUT2D eigenvalue weighted by molar-refractivity contribution is 5.95. The van der Waals surface area contributed by atoms with E-state index in [1.165, 1.54) is 12.0 Å². The molecule has 1 saturated heterocycles. The van der Waals surface area contributed by atoms with Crippen molar-refractivity contribution in [1.29, 1.82) is 0 Å². The molecular weight excluding hydrogens is 580 g/mol. The summed E-state index contributed by atoms with van der Waals surface area (Å²) in [6.45, 7) is 10.4. The number of likely N-dealkylation sites (tertiary alicyclic amines) is 1. The molecule has 1 saturated carbocycles. The first-order valence-electron chi connectivity index (χ1n) is 15.9. The van der Waals surface area contributed by atoms with E-state index in [4.69, 9.17) is 14.2 Å². The molecule has 2 fully saturated rings. The molecular formula is C33H52N4O8. The summed E-state index contributed by atoms with van der Waals surface area (Å²) in [5, 5.41) is 15.6. The Balaban J connectivity index is 1.85. The number of carbonyl (C=O) groups excluding carboxylic acids is 4. The average Bonchev–Trinajstić information content (AvgIpc) is 3.83. The molecule has 4 amide bonds. The molecule has 45 heavy (non-hydrogen) atoms. The van der Waals surface area contributed by atoms with E-state index in [0.29, 0.717) is 30.9 Å². The van der Waals surface area contributed by atoms with Crippen molar-refractivity contribution in [2.45, 2.75) is 84.5 Å². The maximum Gasteiger partial charge on any atom is 0.410 e. The summed E-state index contributed by atoms with van der Waals surface area (Å²) < 4.78 is 16.1. The van der Waals surface area contributed by atoms with Crippen molar-refractivity contribution in [3.63, 3.8) is 0 Å². The number of amides is 4. The van der Waals surface area contributed by atoms with Crippen LogP contribution in [0.3, 0.4) is 0 Å². The van der Waals surface area contributed by atoms with Crippen LogP contribution >= 0.6 is 0 Å². The van der Waals surface area contributed by atoms with Crippen LogP contribution in [-0.2, 0) is 25.6 Å². The maximum atomic E-state index is 14.2. The van der Waals surface area contributed by atoms with Gasteiger partial charge in [-0.2, -0.15) is 0 Å². The fraction of sp³-hybridized carbons (Fsp3) is 0.697. The van der Waals surface area contributed by atoms with Crippen LogP contribution in [0.1, 0.15) is 76.2 Å². The van der Waals surface area contributed by atoms with Crippen molar-refractivity contribution in [1.82, 2.24) is 20.4 Å². The highest BCUT2D eigenvalue weighted by atomic mass is 16.6. The maximum absolute atomic E-state index is 14.2. The van der Waals surface area contributed by atoms with Gasteiger partial charge in [0.25, 0.3) is 5.91 Å². The minimum atomic E-state index is -0.745. The number of hydrogen-bond donors (Lipinski definition) is 3. The predicted octanol–water partition coefficient (Wildman–Crippen LogP) is 2.96. The van der Waals surface area contributed by atoms with Crippen molar-refractivity contribution in [3.8, 4) is 5.75 Å². The average molecular weight is 633 g/mol. The summed E-state index contributed by atoms with van der Waals surface area (Å²) in [7, 11) is 3.09. The number of nitrogens with zero attached hydrogens (tertiary/aromatic N) is 2. The Hall–Kier alpha value is -3.38. The molecule has 1 aromatic rings. The van der Waals surface area contributed by atoms with Crippen LogP contribution in [0, 0.1) is 17.8 Å². The predicted molar refractivity (Wildman–Crippen MR) is 169 cm³/mol. The lowest BCUT2D eigenvalue weighted by atomic mass is 9.87. The molecule has 1 heterocycles. The number of rotatable bonds is 14. The van der Waals surface area contributed by atoms with E-state index in [9.17, 15) is 24.3 Å². The highest BCUT2D eigenvalue weighted by Crippen LogP contribution is 2.34. The fourth-order valence-electron chi connectivity index (χ4n) is 5.58. The summed E-state index contributed by atoms with van der Waals surface area (Å²) in [6, 6.07) is 4.82. The number of ether oxygens (including phenoxy) is 3. The summed E-state index contributed by atoms with van der Waals surface area (Å²) in [5.74, 6) is -1.25. The zero-order chi connectivity index (χ0) is 33.3. The standard InChI is InChI=1S/C33H52N4O8/c1-21(2)12-26(20-38)35-30(40)24-15-25(19-36(18-24)32(42)45-33(3,4)5)31(41)37(27-8-9-27)17-22-13-23(16-28(14-22)44-7)29(39)34-10-11-43-6/h13-14,16,21,24-27,38H,8-12,15,17-20H2,1-7H3,(H,34,39)(H,35,40)/t24-,25+,26?/m0/s1. The summed E-state index contributed by atoms with van der Waals surface area (Å²) in [4.78, 5) is 56.9. The first-order chi connectivity index (χ1) is 21.2. The van der Waals surface area contributed by atoms with Gasteiger partial charge in [-0.3, -0.25) is 14.4 Å². The fourth-order valence-corrected chi connectivity index (χ4v) is 5.58. The first-order valence-corrected chi connectivity index (χ1v) is 15.9. The minimum absolute atomic E-state index is 0.0247. The van der Waals surface area contributed by atoms with Crippen molar-refractivity contribution in [3.05, 3.63) is 29.3 Å². The number of nitrogens with one attached hydrogen (secondary N) is 2. The van der Waals surface area contributed by atoms with Crippen molar-refractivity contribution >= 4 is 23.8 Å². The van der Waals surface area contributed by atoms with Gasteiger partial charge < -0.3 is 39.8 Å². The highest BCUT2D eigenvalue weighted by Gasteiger charge is 2.43. The van der Waals surface area contributed by atoms with Crippen molar-refractivity contribution in [2.24, 2.45) is 17.8 Å². The Morgan fingerprint density at radius 1 is 1.07 bits per heavy atom. The van der Waals surface area contributed by atoms with Crippen LogP contribution in [0.25, 0.3) is 0 Å². The summed E-state index contributed by atoms with van der Waals surface area (Å²) >= 11 is 0. The van der Waals surface area contributed by atoms with E-state index in [1.54, 1.807) is 44.9 Å². The molecule has 0 spiro atoms. The van der Waals surface area contributed by atoms with Crippen LogP contribution in [0.4, 0.5) is 4.79 Å². The smallest absolute Gasteiger partial charge is 0.410 e. The molecule has 1 aliphatic heterocycles. The molecule has 0 aromatic heterocycles. The molecule has 252 valence electrons. The van der Waals surface area contributed by atoms with E-state index in [2.05, 4.69) is 10.6 Å². The lowest BCUT2D eigenvalue weighted by molar-refractivity contribution is -0.140. The van der Waals surface area contributed by atoms with Crippen LogP contribution < -0.4 is 15.4 Å². The molecule has 1 aromatic carbocycles. The Morgan fingerprint density at radius 2 is 1.76 bits per heavy atom. The number of methoxy groups -OCH3 is 2. The molecule has 0 radical (unpaired) electrons. The largest absolute Gasteiger partial charge is 0.497 e. The summed E-state index contributed by atoms with van der Waals surface area (Å²) in [6.07, 6.45) is 1.99. The Labute approximate surface area is 267 Å². The van der Waals surface area contributed by atoms with Gasteiger partial charge in [-0.25, -0.2) is 4.79 Å². The SMILES string of the molecule is COCCNC(=O)c1cc(CN(C(=O)[C@@H]2C[C@H](C(=O)NC(CO)CC(C)C)CN(C(=O)OC(C)(C)C)C2)C2CC2)cc(OC)c1. The minimum Gasteiger partial charge on any atom is -0.497 e. The Kier molecular flexibility index (Phi) is 13.0. The number of aliphatic hydroxyl groups is 1. The van der Waals surface area contributed by atoms with Gasteiger partial charge in [0.15, 0.2) is 0 Å². The molecule has 3 rings (SSSR count). The number of hydrogen-bond acceptors (Lipinski definition) is 8. The zero-order valence-corrected chi connectivity index (χ0v) is 27.9. The molecule has 3 N–H and O–H groups in total. The molecule has 3 atom stereocenters. The van der Waals surface area contributed by atoms with Crippen molar-refractivity contribution in [2.75, 3.05) is 47.1 Å². The van der Waals surface area contributed by atoms with Gasteiger partial charge in [-0.1, -0.05) is 13.8 Å². The Morgan fingerprint density at radius 3 is 2.33 bits per heavy atom. The third-order valence-corrected chi connectivity index (χ3v) is 7.82. The zero-order valence-electron chi connectivity index (χ0n) is 27.9. The lowest BCUT2D eigenvalue weighted by Gasteiger charge is -2.39. The van der Waals surface area contributed by atoms with E-state index in [-0.39, 0.29) is 62.3 Å². The second kappa shape index (κ2) is 16.3. The van der Waals surface area contributed by atoms with E-state index < -0.39 is 29.6 Å². The number of benzene rings is 1. The van der Waals surface area contributed by atoms with Crippen LogP contribution in [-0.4, -0.2) is 103 Å². The molecule has 1 unspecified atom stereocenters. The second-order valence-electron chi connectivity index (χ2n) is 13.5. The molecule has 0 bridgehead atoms. The van der Waals surface area contributed by atoms with E-state index >= 15 is 0 Å². The summed E-state index contributed by atoms with van der Waals surface area (Å²) in [5.41, 5.74) is 0.402.